The van der Waals surface area contributed by atoms with Crippen LogP contribution in [0.25, 0.3) is 0 Å². The molecule has 0 bridgehead atoms. The fourth-order valence-corrected chi connectivity index (χ4v) is 4.55. The van der Waals surface area contributed by atoms with E-state index in [-0.39, 0.29) is 0 Å². The van der Waals surface area contributed by atoms with Crippen LogP contribution in [0.3, 0.4) is 0 Å². The standard InChI is InChI=1S/C20H20BrN/c1-2-13-7-5-10-15-14-9-6-11-16(14)20(22-19(13)15)17-8-3-4-12-18(17)21/h3-10,12,14,16,20,22H,2,11H2,1H3/t14-,16-,20+/m1/s1. The molecule has 1 heterocycles. The molecule has 0 unspecified atom stereocenters. The van der Waals surface area contributed by atoms with Crippen LogP contribution in [-0.2, 0) is 6.42 Å². The van der Waals surface area contributed by atoms with Gasteiger partial charge in [-0.15, -0.1) is 0 Å². The number of rotatable bonds is 2. The van der Waals surface area contributed by atoms with Crippen LogP contribution in [0.1, 0.15) is 42.0 Å². The predicted molar refractivity (Wildman–Crippen MR) is 96.3 cm³/mol. The zero-order valence-corrected chi connectivity index (χ0v) is 14.3. The Morgan fingerprint density at radius 2 is 1.91 bits per heavy atom. The summed E-state index contributed by atoms with van der Waals surface area (Å²) in [5.74, 6) is 1.15. The third-order valence-corrected chi connectivity index (χ3v) is 5.83. The van der Waals surface area contributed by atoms with Crippen molar-refractivity contribution >= 4 is 21.6 Å². The highest BCUT2D eigenvalue weighted by molar-refractivity contribution is 9.10. The quantitative estimate of drug-likeness (QED) is 0.668. The van der Waals surface area contributed by atoms with Crippen LogP contribution in [-0.4, -0.2) is 0 Å². The highest BCUT2D eigenvalue weighted by Gasteiger charge is 2.38. The van der Waals surface area contributed by atoms with Gasteiger partial charge in [0.05, 0.1) is 6.04 Å². The number of nitrogens with one attached hydrogen (secondary N) is 1. The first-order chi connectivity index (χ1) is 10.8. The topological polar surface area (TPSA) is 12.0 Å². The number of hydrogen-bond acceptors (Lipinski definition) is 1. The van der Waals surface area contributed by atoms with Gasteiger partial charge in [0.25, 0.3) is 0 Å². The van der Waals surface area contributed by atoms with Crippen molar-refractivity contribution in [3.8, 4) is 0 Å². The van der Waals surface area contributed by atoms with Gasteiger partial charge in [0.1, 0.15) is 0 Å². The Labute approximate surface area is 140 Å². The molecule has 1 N–H and O–H groups in total. The van der Waals surface area contributed by atoms with Crippen molar-refractivity contribution in [3.05, 3.63) is 75.8 Å². The van der Waals surface area contributed by atoms with E-state index in [0.717, 1.165) is 12.8 Å². The Bertz CT molecular complexity index is 734. The van der Waals surface area contributed by atoms with Crippen molar-refractivity contribution in [1.29, 1.82) is 0 Å². The van der Waals surface area contributed by atoms with Gasteiger partial charge in [-0.1, -0.05) is 71.4 Å². The Morgan fingerprint density at radius 1 is 1.09 bits per heavy atom. The van der Waals surface area contributed by atoms with Crippen molar-refractivity contribution < 1.29 is 0 Å². The smallest absolute Gasteiger partial charge is 0.0565 e. The summed E-state index contributed by atoms with van der Waals surface area (Å²) in [5, 5.41) is 3.88. The van der Waals surface area contributed by atoms with Gasteiger partial charge in [0, 0.05) is 16.1 Å². The molecule has 1 nitrogen and oxygen atoms in total. The Hall–Kier alpha value is -1.54. The monoisotopic (exact) mass is 353 g/mol. The van der Waals surface area contributed by atoms with E-state index in [1.165, 1.54) is 26.9 Å². The first kappa shape index (κ1) is 14.1. The van der Waals surface area contributed by atoms with Gasteiger partial charge in [-0.2, -0.15) is 0 Å². The lowest BCUT2D eigenvalue weighted by Crippen LogP contribution is -2.30. The van der Waals surface area contributed by atoms with Crippen molar-refractivity contribution in [2.45, 2.75) is 31.7 Å². The lowest BCUT2D eigenvalue weighted by molar-refractivity contribution is 0.424. The van der Waals surface area contributed by atoms with E-state index >= 15 is 0 Å². The number of para-hydroxylation sites is 1. The second-order valence-corrected chi connectivity index (χ2v) is 7.09. The summed E-state index contributed by atoms with van der Waals surface area (Å²) in [5.41, 5.74) is 5.63. The summed E-state index contributed by atoms with van der Waals surface area (Å²) in [6, 6.07) is 15.8. The lowest BCUT2D eigenvalue weighted by Gasteiger charge is -2.39. The van der Waals surface area contributed by atoms with Gasteiger partial charge in [0.2, 0.25) is 0 Å². The molecule has 1 aliphatic carbocycles. The fraction of sp³-hybridized carbons (Fsp3) is 0.300. The Kier molecular flexibility index (Phi) is 3.57. The molecule has 0 fully saturated rings. The number of allylic oxidation sites excluding steroid dienone is 2. The number of hydrogen-bond donors (Lipinski definition) is 1. The highest BCUT2D eigenvalue weighted by atomic mass is 79.9. The number of aryl methyl sites for hydroxylation is 1. The zero-order valence-electron chi connectivity index (χ0n) is 12.7. The summed E-state index contributed by atoms with van der Waals surface area (Å²) in [6.45, 7) is 2.24. The molecule has 0 amide bonds. The van der Waals surface area contributed by atoms with Crippen LogP contribution in [0, 0.1) is 5.92 Å². The number of benzene rings is 2. The summed E-state index contributed by atoms with van der Waals surface area (Å²) < 4.78 is 1.20. The van der Waals surface area contributed by atoms with Gasteiger partial charge in [-0.3, -0.25) is 0 Å². The molecule has 0 saturated carbocycles. The van der Waals surface area contributed by atoms with Gasteiger partial charge >= 0.3 is 0 Å². The van der Waals surface area contributed by atoms with E-state index in [4.69, 9.17) is 0 Å². The molecule has 0 aromatic heterocycles. The van der Waals surface area contributed by atoms with Gasteiger partial charge in [-0.05, 0) is 41.5 Å². The predicted octanol–water partition coefficient (Wildman–Crippen LogP) is 5.84. The highest BCUT2D eigenvalue weighted by Crippen LogP contribution is 2.51. The number of anilines is 1. The van der Waals surface area contributed by atoms with Crippen molar-refractivity contribution in [1.82, 2.24) is 0 Å². The van der Waals surface area contributed by atoms with Crippen LogP contribution < -0.4 is 5.32 Å². The normalized spacial score (nSPS) is 25.5. The summed E-state index contributed by atoms with van der Waals surface area (Å²) in [7, 11) is 0. The molecule has 2 aromatic carbocycles. The van der Waals surface area contributed by atoms with E-state index in [9.17, 15) is 0 Å². The second-order valence-electron chi connectivity index (χ2n) is 6.23. The molecule has 0 spiro atoms. The average Bonchev–Trinajstić information content (AvgIpc) is 3.04. The van der Waals surface area contributed by atoms with Gasteiger partial charge in [0.15, 0.2) is 0 Å². The molecule has 2 heteroatoms. The first-order valence-electron chi connectivity index (χ1n) is 8.09. The van der Waals surface area contributed by atoms with Gasteiger partial charge < -0.3 is 5.32 Å². The summed E-state index contributed by atoms with van der Waals surface area (Å²) in [4.78, 5) is 0. The lowest BCUT2D eigenvalue weighted by atomic mass is 9.76. The largest absolute Gasteiger partial charge is 0.377 e. The van der Waals surface area contributed by atoms with E-state index in [1.807, 2.05) is 0 Å². The van der Waals surface area contributed by atoms with E-state index in [0.29, 0.717) is 17.9 Å². The molecule has 1 aliphatic heterocycles. The Balaban J connectivity index is 1.85. The third kappa shape index (κ3) is 2.13. The van der Waals surface area contributed by atoms with Crippen LogP contribution in [0.4, 0.5) is 5.69 Å². The molecular weight excluding hydrogens is 334 g/mol. The molecule has 2 aromatic rings. The minimum Gasteiger partial charge on any atom is -0.377 e. The molecule has 3 atom stereocenters. The van der Waals surface area contributed by atoms with Crippen LogP contribution >= 0.6 is 15.9 Å². The van der Waals surface area contributed by atoms with E-state index in [2.05, 4.69) is 82.8 Å². The minimum absolute atomic E-state index is 0.371. The third-order valence-electron chi connectivity index (χ3n) is 5.10. The van der Waals surface area contributed by atoms with Crippen LogP contribution in [0.15, 0.2) is 59.1 Å². The Morgan fingerprint density at radius 3 is 2.73 bits per heavy atom. The van der Waals surface area contributed by atoms with Crippen molar-refractivity contribution in [2.75, 3.05) is 5.32 Å². The minimum atomic E-state index is 0.371. The molecular formula is C20H20BrN. The molecule has 112 valence electrons. The van der Waals surface area contributed by atoms with Crippen LogP contribution in [0.2, 0.25) is 0 Å². The molecule has 0 radical (unpaired) electrons. The zero-order chi connectivity index (χ0) is 15.1. The van der Waals surface area contributed by atoms with Crippen LogP contribution in [0.5, 0.6) is 0 Å². The van der Waals surface area contributed by atoms with Gasteiger partial charge in [-0.25, -0.2) is 0 Å². The summed E-state index contributed by atoms with van der Waals surface area (Å²) >= 11 is 3.74. The van der Waals surface area contributed by atoms with Crippen molar-refractivity contribution in [3.63, 3.8) is 0 Å². The average molecular weight is 354 g/mol. The molecule has 2 aliphatic rings. The molecule has 22 heavy (non-hydrogen) atoms. The molecule has 4 rings (SSSR count). The van der Waals surface area contributed by atoms with E-state index in [1.54, 1.807) is 0 Å². The maximum absolute atomic E-state index is 3.88. The maximum Gasteiger partial charge on any atom is 0.0565 e. The first-order valence-corrected chi connectivity index (χ1v) is 8.88. The maximum atomic E-state index is 3.88. The number of fused-ring (bicyclic) bond motifs is 3. The SMILES string of the molecule is CCc1cccc2c1N[C@H](c1ccccc1Br)[C@@H]1CC=C[C@H]21. The van der Waals surface area contributed by atoms with Crippen molar-refractivity contribution in [2.24, 2.45) is 5.92 Å². The number of halogens is 1. The summed E-state index contributed by atoms with van der Waals surface area (Å²) in [6.07, 6.45) is 6.99. The van der Waals surface area contributed by atoms with E-state index < -0.39 is 0 Å². The molecule has 0 saturated heterocycles. The second kappa shape index (κ2) is 5.58. The fourth-order valence-electron chi connectivity index (χ4n) is 4.02.